The molecule has 3 aromatic carbocycles. The summed E-state index contributed by atoms with van der Waals surface area (Å²) in [5, 5.41) is 2.97. The van der Waals surface area contributed by atoms with Gasteiger partial charge in [-0.15, -0.1) is 0 Å². The van der Waals surface area contributed by atoms with Gasteiger partial charge in [-0.05, 0) is 48.4 Å². The van der Waals surface area contributed by atoms with Crippen LogP contribution in [0.4, 0.5) is 4.39 Å². The zero-order valence-corrected chi connectivity index (χ0v) is 14.7. The van der Waals surface area contributed by atoms with Crippen molar-refractivity contribution < 1.29 is 9.18 Å². The predicted molar refractivity (Wildman–Crippen MR) is 103 cm³/mol. The van der Waals surface area contributed by atoms with Crippen LogP contribution < -0.4 is 5.32 Å². The second kappa shape index (κ2) is 7.03. The van der Waals surface area contributed by atoms with E-state index < -0.39 is 11.9 Å². The average Bonchev–Trinajstić information content (AvgIpc) is 3.09. The van der Waals surface area contributed by atoms with E-state index >= 15 is 0 Å². The molecule has 0 aliphatic heterocycles. The summed E-state index contributed by atoms with van der Waals surface area (Å²) in [5.74, 6) is -0.176. The SMILES string of the molecule is Cc1ccc2nc(C(NC(=O)c3cccc(F)c3)c3ccccc3)[nH]c2c1. The van der Waals surface area contributed by atoms with Crippen LogP contribution in [0.15, 0.2) is 72.8 Å². The quantitative estimate of drug-likeness (QED) is 0.562. The van der Waals surface area contributed by atoms with Crippen LogP contribution in [0.5, 0.6) is 0 Å². The first-order chi connectivity index (χ1) is 13.1. The van der Waals surface area contributed by atoms with Crippen LogP contribution in [-0.2, 0) is 0 Å². The highest BCUT2D eigenvalue weighted by molar-refractivity contribution is 5.94. The molecular formula is C22H18FN3O. The fourth-order valence-electron chi connectivity index (χ4n) is 3.08. The molecule has 1 amide bonds. The molecule has 1 unspecified atom stereocenters. The summed E-state index contributed by atoms with van der Waals surface area (Å²) < 4.78 is 13.5. The lowest BCUT2D eigenvalue weighted by atomic mass is 10.1. The minimum atomic E-state index is -0.477. The number of aromatic nitrogens is 2. The fraction of sp³-hybridized carbons (Fsp3) is 0.0909. The molecule has 0 bridgehead atoms. The van der Waals surface area contributed by atoms with Crippen LogP contribution in [0.1, 0.15) is 33.4 Å². The topological polar surface area (TPSA) is 57.8 Å². The number of imidazole rings is 1. The van der Waals surface area contributed by atoms with E-state index in [0.717, 1.165) is 22.2 Å². The molecule has 5 heteroatoms. The summed E-state index contributed by atoms with van der Waals surface area (Å²) in [6.45, 7) is 2.01. The van der Waals surface area contributed by atoms with Crippen LogP contribution in [0.25, 0.3) is 11.0 Å². The summed E-state index contributed by atoms with van der Waals surface area (Å²) in [6, 6.07) is 20.7. The molecule has 0 saturated heterocycles. The van der Waals surface area contributed by atoms with Crippen LogP contribution in [0.2, 0.25) is 0 Å². The summed E-state index contributed by atoms with van der Waals surface area (Å²) in [5.41, 5.74) is 4.01. The molecule has 4 nitrogen and oxygen atoms in total. The van der Waals surface area contributed by atoms with Crippen molar-refractivity contribution >= 4 is 16.9 Å². The second-order valence-electron chi connectivity index (χ2n) is 6.47. The first-order valence-electron chi connectivity index (χ1n) is 8.68. The first-order valence-corrected chi connectivity index (χ1v) is 8.68. The summed E-state index contributed by atoms with van der Waals surface area (Å²) >= 11 is 0. The van der Waals surface area contributed by atoms with Gasteiger partial charge in [-0.2, -0.15) is 0 Å². The third-order valence-corrected chi connectivity index (χ3v) is 4.42. The van der Waals surface area contributed by atoms with Gasteiger partial charge < -0.3 is 10.3 Å². The Hall–Kier alpha value is -3.47. The fourth-order valence-corrected chi connectivity index (χ4v) is 3.08. The maximum absolute atomic E-state index is 13.5. The highest BCUT2D eigenvalue weighted by Crippen LogP contribution is 2.23. The third-order valence-electron chi connectivity index (χ3n) is 4.42. The molecule has 27 heavy (non-hydrogen) atoms. The normalized spacial score (nSPS) is 12.1. The van der Waals surface area contributed by atoms with Gasteiger partial charge in [0, 0.05) is 5.56 Å². The lowest BCUT2D eigenvalue weighted by Gasteiger charge is -2.17. The molecule has 0 saturated carbocycles. The van der Waals surface area contributed by atoms with E-state index in [4.69, 9.17) is 0 Å². The van der Waals surface area contributed by atoms with Crippen molar-refractivity contribution in [3.63, 3.8) is 0 Å². The number of amides is 1. The molecule has 1 heterocycles. The van der Waals surface area contributed by atoms with Crippen LogP contribution in [0, 0.1) is 12.7 Å². The summed E-state index contributed by atoms with van der Waals surface area (Å²) in [7, 11) is 0. The number of carbonyl (C=O) groups excluding carboxylic acids is 1. The number of hydrogen-bond acceptors (Lipinski definition) is 2. The van der Waals surface area contributed by atoms with Gasteiger partial charge in [-0.3, -0.25) is 4.79 Å². The third kappa shape index (κ3) is 3.58. The van der Waals surface area contributed by atoms with Gasteiger partial charge in [-0.25, -0.2) is 9.37 Å². The Morgan fingerprint density at radius 3 is 2.63 bits per heavy atom. The minimum absolute atomic E-state index is 0.267. The van der Waals surface area contributed by atoms with Gasteiger partial charge in [0.2, 0.25) is 0 Å². The Labute approximate surface area is 156 Å². The van der Waals surface area contributed by atoms with E-state index in [-0.39, 0.29) is 11.5 Å². The molecule has 0 aliphatic rings. The van der Waals surface area contributed by atoms with Crippen LogP contribution in [0.3, 0.4) is 0 Å². The number of nitrogens with one attached hydrogen (secondary N) is 2. The molecule has 2 N–H and O–H groups in total. The minimum Gasteiger partial charge on any atom is -0.340 e. The van der Waals surface area contributed by atoms with Crippen LogP contribution >= 0.6 is 0 Å². The maximum atomic E-state index is 13.5. The van der Waals surface area contributed by atoms with Crippen LogP contribution in [-0.4, -0.2) is 15.9 Å². The highest BCUT2D eigenvalue weighted by atomic mass is 19.1. The van der Waals surface area contributed by atoms with E-state index in [2.05, 4.69) is 15.3 Å². The van der Waals surface area contributed by atoms with Gasteiger partial charge in [-0.1, -0.05) is 42.5 Å². The smallest absolute Gasteiger partial charge is 0.252 e. The van der Waals surface area contributed by atoms with Gasteiger partial charge >= 0.3 is 0 Å². The van der Waals surface area contributed by atoms with E-state index in [1.54, 1.807) is 6.07 Å². The van der Waals surface area contributed by atoms with E-state index in [9.17, 15) is 9.18 Å². The molecular weight excluding hydrogens is 341 g/mol. The molecule has 0 aliphatic carbocycles. The van der Waals surface area contributed by atoms with Gasteiger partial charge in [0.05, 0.1) is 11.0 Å². The number of halogens is 1. The molecule has 1 atom stereocenters. The predicted octanol–water partition coefficient (Wildman–Crippen LogP) is 4.53. The molecule has 4 aromatic rings. The zero-order chi connectivity index (χ0) is 18.8. The van der Waals surface area contributed by atoms with Gasteiger partial charge in [0.1, 0.15) is 17.7 Å². The summed E-state index contributed by atoms with van der Waals surface area (Å²) in [4.78, 5) is 20.7. The van der Waals surface area contributed by atoms with Crippen molar-refractivity contribution in [3.8, 4) is 0 Å². The van der Waals surface area contributed by atoms with Crippen molar-refractivity contribution in [2.45, 2.75) is 13.0 Å². The lowest BCUT2D eigenvalue weighted by Crippen LogP contribution is -2.30. The Balaban J connectivity index is 1.73. The molecule has 0 spiro atoms. The van der Waals surface area contributed by atoms with Crippen molar-refractivity contribution in [1.29, 1.82) is 0 Å². The maximum Gasteiger partial charge on any atom is 0.252 e. The lowest BCUT2D eigenvalue weighted by molar-refractivity contribution is 0.0941. The van der Waals surface area contributed by atoms with Crippen molar-refractivity contribution in [2.75, 3.05) is 0 Å². The molecule has 0 fully saturated rings. The highest BCUT2D eigenvalue weighted by Gasteiger charge is 2.21. The number of hydrogen-bond donors (Lipinski definition) is 2. The Kier molecular flexibility index (Phi) is 4.42. The number of rotatable bonds is 4. The Morgan fingerprint density at radius 1 is 1.04 bits per heavy atom. The second-order valence-corrected chi connectivity index (χ2v) is 6.47. The van der Waals surface area contributed by atoms with Crippen molar-refractivity contribution in [3.05, 3.63) is 101 Å². The number of carbonyl (C=O) groups is 1. The van der Waals surface area contributed by atoms with Gasteiger partial charge in [0.25, 0.3) is 5.91 Å². The van der Waals surface area contributed by atoms with Crippen molar-refractivity contribution in [2.24, 2.45) is 0 Å². The van der Waals surface area contributed by atoms with E-state index in [0.29, 0.717) is 5.82 Å². The standard InChI is InChI=1S/C22H18FN3O/c1-14-10-11-18-19(12-14)25-21(24-18)20(15-6-3-2-4-7-15)26-22(27)16-8-5-9-17(23)13-16/h2-13,20H,1H3,(H,24,25)(H,26,27). The largest absolute Gasteiger partial charge is 0.340 e. The first kappa shape index (κ1) is 17.0. The number of aryl methyl sites for hydroxylation is 1. The molecule has 134 valence electrons. The van der Waals surface area contributed by atoms with E-state index in [1.807, 2.05) is 55.5 Å². The molecule has 1 aromatic heterocycles. The number of benzene rings is 3. The molecule has 4 rings (SSSR count). The zero-order valence-electron chi connectivity index (χ0n) is 14.7. The average molecular weight is 359 g/mol. The Bertz CT molecular complexity index is 1100. The number of H-pyrrole nitrogens is 1. The van der Waals surface area contributed by atoms with Crippen molar-refractivity contribution in [1.82, 2.24) is 15.3 Å². The molecule has 0 radical (unpaired) electrons. The number of nitrogens with zero attached hydrogens (tertiary/aromatic N) is 1. The van der Waals surface area contributed by atoms with Gasteiger partial charge in [0.15, 0.2) is 0 Å². The number of fused-ring (bicyclic) bond motifs is 1. The summed E-state index contributed by atoms with van der Waals surface area (Å²) in [6.07, 6.45) is 0. The Morgan fingerprint density at radius 2 is 1.85 bits per heavy atom. The number of aromatic amines is 1. The monoisotopic (exact) mass is 359 g/mol. The van der Waals surface area contributed by atoms with E-state index in [1.165, 1.54) is 18.2 Å².